The van der Waals surface area contributed by atoms with Gasteiger partial charge in [0, 0.05) is 17.1 Å². The van der Waals surface area contributed by atoms with E-state index in [4.69, 9.17) is 0 Å². The minimum Gasteiger partial charge on any atom is -0.392 e. The zero-order valence-electron chi connectivity index (χ0n) is 9.70. The van der Waals surface area contributed by atoms with E-state index >= 15 is 0 Å². The number of rotatable bonds is 3. The molecule has 0 saturated carbocycles. The molecule has 2 nitrogen and oxygen atoms in total. The molecule has 1 aromatic carbocycles. The minimum absolute atomic E-state index is 0.286. The van der Waals surface area contributed by atoms with Gasteiger partial charge in [0.1, 0.15) is 0 Å². The highest BCUT2D eigenvalue weighted by Crippen LogP contribution is 2.43. The lowest BCUT2D eigenvalue weighted by molar-refractivity contribution is 0.185. The molecule has 1 aliphatic carbocycles. The zero-order valence-corrected chi connectivity index (χ0v) is 11.3. The highest BCUT2D eigenvalue weighted by atomic mass is 79.9. The largest absolute Gasteiger partial charge is 0.392 e. The molecule has 0 aliphatic heterocycles. The number of aliphatic hydroxyl groups excluding tert-OH is 1. The van der Waals surface area contributed by atoms with E-state index in [-0.39, 0.29) is 6.10 Å². The van der Waals surface area contributed by atoms with Crippen LogP contribution in [0.15, 0.2) is 22.7 Å². The van der Waals surface area contributed by atoms with Crippen LogP contribution in [0.4, 0.5) is 0 Å². The van der Waals surface area contributed by atoms with Gasteiger partial charge in [0.2, 0.25) is 0 Å². The van der Waals surface area contributed by atoms with Gasteiger partial charge in [-0.3, -0.25) is 0 Å². The second-order valence-electron chi connectivity index (χ2n) is 4.69. The van der Waals surface area contributed by atoms with E-state index < -0.39 is 0 Å². The fourth-order valence-corrected chi connectivity index (χ4v) is 3.25. The summed E-state index contributed by atoms with van der Waals surface area (Å²) in [6.07, 6.45) is 0.830. The van der Waals surface area contributed by atoms with Crippen molar-refractivity contribution in [1.82, 2.24) is 5.32 Å². The van der Waals surface area contributed by atoms with Crippen LogP contribution in [-0.2, 0) is 0 Å². The zero-order chi connectivity index (χ0) is 11.7. The average Bonchev–Trinajstić information content (AvgIpc) is 2.54. The maximum Gasteiger partial charge on any atom is 0.0636 e. The second kappa shape index (κ2) is 4.86. The van der Waals surface area contributed by atoms with Crippen molar-refractivity contribution in [2.24, 2.45) is 0 Å². The number of hydrogen-bond donors (Lipinski definition) is 2. The smallest absolute Gasteiger partial charge is 0.0636 e. The lowest BCUT2D eigenvalue weighted by Crippen LogP contribution is -2.27. The normalized spacial score (nSPS) is 25.5. The number of halogens is 1. The quantitative estimate of drug-likeness (QED) is 0.894. The Kier molecular flexibility index (Phi) is 3.67. The average molecular weight is 284 g/mol. The standard InChI is InChI=1S/C13H18BrNO/c1-8-6-12(15-7-9(2)16)10-4-3-5-11(14)13(8)10/h3-5,8-9,12,15-16H,6-7H2,1-2H3. The molecule has 0 saturated heterocycles. The van der Waals surface area contributed by atoms with Crippen molar-refractivity contribution in [2.45, 2.75) is 38.3 Å². The topological polar surface area (TPSA) is 32.3 Å². The number of hydrogen-bond acceptors (Lipinski definition) is 2. The molecule has 88 valence electrons. The third kappa shape index (κ3) is 2.31. The van der Waals surface area contributed by atoms with Crippen LogP contribution in [0, 0.1) is 0 Å². The first-order valence-corrected chi connectivity index (χ1v) is 6.58. The predicted molar refractivity (Wildman–Crippen MR) is 69.6 cm³/mol. The molecule has 0 heterocycles. The summed E-state index contributed by atoms with van der Waals surface area (Å²) < 4.78 is 1.21. The van der Waals surface area contributed by atoms with Gasteiger partial charge in [0.05, 0.1) is 6.10 Å². The Labute approximate surface area is 105 Å². The Balaban J connectivity index is 2.19. The fraction of sp³-hybridized carbons (Fsp3) is 0.538. The molecule has 1 aliphatic rings. The Morgan fingerprint density at radius 1 is 1.56 bits per heavy atom. The van der Waals surface area contributed by atoms with Gasteiger partial charge in [0.15, 0.2) is 0 Å². The lowest BCUT2D eigenvalue weighted by Gasteiger charge is -2.15. The molecule has 3 heteroatoms. The molecule has 0 spiro atoms. The van der Waals surface area contributed by atoms with Crippen LogP contribution in [0.1, 0.15) is 43.4 Å². The van der Waals surface area contributed by atoms with Crippen LogP contribution in [-0.4, -0.2) is 17.8 Å². The van der Waals surface area contributed by atoms with E-state index in [9.17, 15) is 5.11 Å². The minimum atomic E-state index is -0.286. The first-order chi connectivity index (χ1) is 7.59. The van der Waals surface area contributed by atoms with Crippen molar-refractivity contribution in [1.29, 1.82) is 0 Å². The van der Waals surface area contributed by atoms with E-state index in [1.165, 1.54) is 15.6 Å². The van der Waals surface area contributed by atoms with E-state index in [0.29, 0.717) is 18.5 Å². The summed E-state index contributed by atoms with van der Waals surface area (Å²) in [7, 11) is 0. The van der Waals surface area contributed by atoms with E-state index in [1.54, 1.807) is 0 Å². The fourth-order valence-electron chi connectivity index (χ4n) is 2.48. The van der Waals surface area contributed by atoms with E-state index in [2.05, 4.69) is 46.4 Å². The van der Waals surface area contributed by atoms with Crippen LogP contribution in [0.2, 0.25) is 0 Å². The molecule has 0 aromatic heterocycles. The SMILES string of the molecule is CC(O)CNC1CC(C)c2c(Br)cccc21. The predicted octanol–water partition coefficient (Wildman–Crippen LogP) is 2.97. The molecule has 0 amide bonds. The number of nitrogens with one attached hydrogen (secondary N) is 1. The summed E-state index contributed by atoms with van der Waals surface area (Å²) >= 11 is 3.62. The summed E-state index contributed by atoms with van der Waals surface area (Å²) in [6.45, 7) is 4.73. The molecular weight excluding hydrogens is 266 g/mol. The molecule has 0 fully saturated rings. The molecule has 0 bridgehead atoms. The molecule has 2 rings (SSSR count). The monoisotopic (exact) mass is 283 g/mol. The van der Waals surface area contributed by atoms with Gasteiger partial charge in [-0.2, -0.15) is 0 Å². The van der Waals surface area contributed by atoms with Gasteiger partial charge in [-0.15, -0.1) is 0 Å². The Morgan fingerprint density at radius 3 is 3.00 bits per heavy atom. The van der Waals surface area contributed by atoms with Crippen molar-refractivity contribution in [3.63, 3.8) is 0 Å². The number of aliphatic hydroxyl groups is 1. The van der Waals surface area contributed by atoms with Gasteiger partial charge in [-0.1, -0.05) is 35.0 Å². The maximum absolute atomic E-state index is 9.31. The summed E-state index contributed by atoms with van der Waals surface area (Å²) in [6, 6.07) is 6.75. The van der Waals surface area contributed by atoms with Gasteiger partial charge in [0.25, 0.3) is 0 Å². The van der Waals surface area contributed by atoms with Crippen molar-refractivity contribution < 1.29 is 5.11 Å². The van der Waals surface area contributed by atoms with Gasteiger partial charge < -0.3 is 10.4 Å². The van der Waals surface area contributed by atoms with Crippen LogP contribution in [0.5, 0.6) is 0 Å². The van der Waals surface area contributed by atoms with Crippen LogP contribution < -0.4 is 5.32 Å². The summed E-state index contributed by atoms with van der Waals surface area (Å²) in [5, 5.41) is 12.7. The number of benzene rings is 1. The molecule has 16 heavy (non-hydrogen) atoms. The van der Waals surface area contributed by atoms with Gasteiger partial charge in [-0.25, -0.2) is 0 Å². The Bertz CT molecular complexity index is 378. The molecule has 3 unspecified atom stereocenters. The number of fused-ring (bicyclic) bond motifs is 1. The van der Waals surface area contributed by atoms with Crippen molar-refractivity contribution in [2.75, 3.05) is 6.54 Å². The molecule has 2 N–H and O–H groups in total. The van der Waals surface area contributed by atoms with Crippen LogP contribution in [0.3, 0.4) is 0 Å². The Hall–Kier alpha value is -0.380. The van der Waals surface area contributed by atoms with Crippen molar-refractivity contribution in [3.8, 4) is 0 Å². The highest BCUT2D eigenvalue weighted by molar-refractivity contribution is 9.10. The first-order valence-electron chi connectivity index (χ1n) is 5.79. The van der Waals surface area contributed by atoms with Crippen LogP contribution in [0.25, 0.3) is 0 Å². The van der Waals surface area contributed by atoms with Gasteiger partial charge >= 0.3 is 0 Å². The third-order valence-corrected chi connectivity index (χ3v) is 3.90. The maximum atomic E-state index is 9.31. The summed E-state index contributed by atoms with van der Waals surface area (Å²) in [5.41, 5.74) is 2.80. The molecular formula is C13H18BrNO. The van der Waals surface area contributed by atoms with Gasteiger partial charge in [-0.05, 0) is 36.5 Å². The molecule has 0 radical (unpaired) electrons. The van der Waals surface area contributed by atoms with Crippen LogP contribution >= 0.6 is 15.9 Å². The van der Waals surface area contributed by atoms with E-state index in [0.717, 1.165) is 6.42 Å². The lowest BCUT2D eigenvalue weighted by atomic mass is 10.0. The first kappa shape index (κ1) is 12.1. The molecule has 1 aromatic rings. The van der Waals surface area contributed by atoms with Crippen molar-refractivity contribution >= 4 is 15.9 Å². The highest BCUT2D eigenvalue weighted by Gasteiger charge is 2.29. The second-order valence-corrected chi connectivity index (χ2v) is 5.54. The van der Waals surface area contributed by atoms with Crippen molar-refractivity contribution in [3.05, 3.63) is 33.8 Å². The third-order valence-electron chi connectivity index (χ3n) is 3.20. The Morgan fingerprint density at radius 2 is 2.31 bits per heavy atom. The molecule has 3 atom stereocenters. The summed E-state index contributed by atoms with van der Waals surface area (Å²) in [4.78, 5) is 0. The summed E-state index contributed by atoms with van der Waals surface area (Å²) in [5.74, 6) is 0.581. The van der Waals surface area contributed by atoms with E-state index in [1.807, 2.05) is 6.92 Å².